The van der Waals surface area contributed by atoms with Crippen LogP contribution in [0.2, 0.25) is 0 Å². The Morgan fingerprint density at radius 3 is 2.55 bits per heavy atom. The van der Waals surface area contributed by atoms with Crippen LogP contribution in [0.15, 0.2) is 58.1 Å². The predicted molar refractivity (Wildman–Crippen MR) is 127 cm³/mol. The zero-order valence-electron chi connectivity index (χ0n) is 17.1. The van der Waals surface area contributed by atoms with E-state index in [9.17, 15) is 4.39 Å². The van der Waals surface area contributed by atoms with Gasteiger partial charge in [-0.3, -0.25) is 4.99 Å². The van der Waals surface area contributed by atoms with Crippen molar-refractivity contribution in [3.63, 3.8) is 0 Å². The highest BCUT2D eigenvalue weighted by Gasteiger charge is 2.13. The molecule has 164 valence electrons. The van der Waals surface area contributed by atoms with E-state index >= 15 is 0 Å². The molecule has 2 N–H and O–H groups in total. The van der Waals surface area contributed by atoms with E-state index in [-0.39, 0.29) is 36.6 Å². The number of aliphatic imine (C=N–C) groups is 1. The first kappa shape index (κ1) is 22.9. The van der Waals surface area contributed by atoms with E-state index in [4.69, 9.17) is 13.9 Å². The van der Waals surface area contributed by atoms with Crippen LogP contribution in [0.25, 0.3) is 11.5 Å². The third kappa shape index (κ3) is 6.09. The number of nitrogens with one attached hydrogen (secondary N) is 2. The summed E-state index contributed by atoms with van der Waals surface area (Å²) in [6, 6.07) is 12.0. The van der Waals surface area contributed by atoms with Gasteiger partial charge < -0.3 is 24.5 Å². The standard InChI is InChI=1S/C22H23FN4O3.HI/c1-24-22(25-10-8-15-2-7-19-20(12-15)30-14-29-19)26-11-9-18-13-28-21(27-18)16-3-5-17(23)6-4-16;/h2-7,12-13H,8-11,14H2,1H3,(H2,24,25,26);1H. The van der Waals surface area contributed by atoms with Crippen LogP contribution in [-0.4, -0.2) is 37.9 Å². The van der Waals surface area contributed by atoms with E-state index in [0.29, 0.717) is 18.9 Å². The highest BCUT2D eigenvalue weighted by Crippen LogP contribution is 2.32. The summed E-state index contributed by atoms with van der Waals surface area (Å²) in [5.41, 5.74) is 2.73. The minimum absolute atomic E-state index is 0. The van der Waals surface area contributed by atoms with E-state index < -0.39 is 0 Å². The maximum absolute atomic E-state index is 13.0. The Hall–Kier alpha value is -2.82. The van der Waals surface area contributed by atoms with Crippen molar-refractivity contribution in [2.24, 2.45) is 4.99 Å². The lowest BCUT2D eigenvalue weighted by molar-refractivity contribution is 0.174. The van der Waals surface area contributed by atoms with Gasteiger partial charge in [0, 0.05) is 32.1 Å². The molecular formula is C22H24FIN4O3. The molecule has 7 nitrogen and oxygen atoms in total. The summed E-state index contributed by atoms with van der Waals surface area (Å²) in [4.78, 5) is 8.69. The van der Waals surface area contributed by atoms with Crippen molar-refractivity contribution in [3.8, 4) is 23.0 Å². The van der Waals surface area contributed by atoms with Gasteiger partial charge in [-0.1, -0.05) is 6.07 Å². The number of benzene rings is 2. The lowest BCUT2D eigenvalue weighted by Gasteiger charge is -2.11. The van der Waals surface area contributed by atoms with Gasteiger partial charge in [-0.05, 0) is 48.4 Å². The highest BCUT2D eigenvalue weighted by molar-refractivity contribution is 14.0. The maximum Gasteiger partial charge on any atom is 0.231 e. The number of oxazole rings is 1. The first-order valence-electron chi connectivity index (χ1n) is 9.74. The second kappa shape index (κ2) is 11.0. The van der Waals surface area contributed by atoms with Gasteiger partial charge in [0.05, 0.1) is 5.69 Å². The van der Waals surface area contributed by atoms with Crippen LogP contribution in [0.5, 0.6) is 11.5 Å². The number of aromatic nitrogens is 1. The van der Waals surface area contributed by atoms with Gasteiger partial charge >= 0.3 is 0 Å². The van der Waals surface area contributed by atoms with Crippen molar-refractivity contribution in [1.82, 2.24) is 15.6 Å². The van der Waals surface area contributed by atoms with E-state index in [1.54, 1.807) is 25.4 Å². The molecule has 0 atom stereocenters. The summed E-state index contributed by atoms with van der Waals surface area (Å²) < 4.78 is 29.3. The van der Waals surface area contributed by atoms with Crippen molar-refractivity contribution in [2.75, 3.05) is 26.9 Å². The van der Waals surface area contributed by atoms with Crippen molar-refractivity contribution in [3.05, 3.63) is 65.8 Å². The molecule has 0 unspecified atom stereocenters. The van der Waals surface area contributed by atoms with Gasteiger partial charge in [-0.25, -0.2) is 9.37 Å². The third-order valence-corrected chi connectivity index (χ3v) is 4.68. The summed E-state index contributed by atoms with van der Waals surface area (Å²) in [7, 11) is 1.73. The Bertz CT molecular complexity index is 1020. The number of rotatable bonds is 7. The molecule has 0 saturated heterocycles. The molecule has 1 aromatic heterocycles. The zero-order valence-corrected chi connectivity index (χ0v) is 19.4. The van der Waals surface area contributed by atoms with Crippen LogP contribution in [0.1, 0.15) is 11.3 Å². The molecule has 1 aliphatic heterocycles. The predicted octanol–water partition coefficient (Wildman–Crippen LogP) is 3.78. The number of fused-ring (bicyclic) bond motifs is 1. The van der Waals surface area contributed by atoms with Crippen LogP contribution in [0, 0.1) is 5.82 Å². The molecule has 0 fully saturated rings. The average Bonchev–Trinajstić information content (AvgIpc) is 3.42. The fourth-order valence-corrected chi connectivity index (χ4v) is 3.10. The summed E-state index contributed by atoms with van der Waals surface area (Å²) in [6.07, 6.45) is 3.13. The average molecular weight is 538 g/mol. The largest absolute Gasteiger partial charge is 0.454 e. The van der Waals surface area contributed by atoms with Gasteiger partial charge in [0.2, 0.25) is 12.7 Å². The molecule has 2 heterocycles. The van der Waals surface area contributed by atoms with Crippen molar-refractivity contribution >= 4 is 29.9 Å². The van der Waals surface area contributed by atoms with Crippen molar-refractivity contribution < 1.29 is 18.3 Å². The van der Waals surface area contributed by atoms with E-state index in [0.717, 1.165) is 47.2 Å². The van der Waals surface area contributed by atoms with Crippen LogP contribution < -0.4 is 20.1 Å². The number of hydrogen-bond acceptors (Lipinski definition) is 5. The molecule has 0 aliphatic carbocycles. The Morgan fingerprint density at radius 1 is 1.03 bits per heavy atom. The maximum atomic E-state index is 13.0. The fraction of sp³-hybridized carbons (Fsp3) is 0.273. The van der Waals surface area contributed by atoms with Crippen molar-refractivity contribution in [1.29, 1.82) is 0 Å². The Labute approximate surface area is 197 Å². The molecule has 4 rings (SSSR count). The molecule has 1 aliphatic rings. The van der Waals surface area contributed by atoms with E-state index in [2.05, 4.69) is 20.6 Å². The zero-order chi connectivity index (χ0) is 20.8. The third-order valence-electron chi connectivity index (χ3n) is 4.68. The van der Waals surface area contributed by atoms with Gasteiger partial charge in [0.25, 0.3) is 0 Å². The molecular weight excluding hydrogens is 514 g/mol. The molecule has 0 amide bonds. The lowest BCUT2D eigenvalue weighted by Crippen LogP contribution is -2.39. The molecule has 0 spiro atoms. The monoisotopic (exact) mass is 538 g/mol. The smallest absolute Gasteiger partial charge is 0.231 e. The topological polar surface area (TPSA) is 80.9 Å². The first-order chi connectivity index (χ1) is 14.7. The Kier molecular flexibility index (Phi) is 8.10. The van der Waals surface area contributed by atoms with E-state index in [1.807, 2.05) is 18.2 Å². The summed E-state index contributed by atoms with van der Waals surface area (Å²) >= 11 is 0. The fourth-order valence-electron chi connectivity index (χ4n) is 3.10. The molecule has 0 radical (unpaired) electrons. The number of hydrogen-bond donors (Lipinski definition) is 2. The first-order valence-corrected chi connectivity index (χ1v) is 9.74. The Balaban J connectivity index is 0.00000272. The second-order valence-corrected chi connectivity index (χ2v) is 6.76. The van der Waals surface area contributed by atoms with Gasteiger partial charge in [-0.15, -0.1) is 24.0 Å². The highest BCUT2D eigenvalue weighted by atomic mass is 127. The van der Waals surface area contributed by atoms with Gasteiger partial charge in [-0.2, -0.15) is 0 Å². The molecule has 31 heavy (non-hydrogen) atoms. The van der Waals surface area contributed by atoms with Crippen molar-refractivity contribution in [2.45, 2.75) is 12.8 Å². The van der Waals surface area contributed by atoms with Crippen LogP contribution in [-0.2, 0) is 12.8 Å². The SMILES string of the molecule is CN=C(NCCc1ccc2c(c1)OCO2)NCCc1coc(-c2ccc(F)cc2)n1.I. The van der Waals surface area contributed by atoms with Gasteiger partial charge in [0.1, 0.15) is 12.1 Å². The normalized spacial score (nSPS) is 12.4. The number of guanidine groups is 1. The minimum Gasteiger partial charge on any atom is -0.454 e. The molecule has 9 heteroatoms. The van der Waals surface area contributed by atoms with Crippen LogP contribution >= 0.6 is 24.0 Å². The van der Waals surface area contributed by atoms with E-state index in [1.165, 1.54) is 12.1 Å². The number of ether oxygens (including phenoxy) is 2. The molecule has 0 saturated carbocycles. The number of halogens is 2. The summed E-state index contributed by atoms with van der Waals surface area (Å²) in [5, 5.41) is 6.56. The number of nitrogens with zero attached hydrogens (tertiary/aromatic N) is 2. The van der Waals surface area contributed by atoms with Gasteiger partial charge in [0.15, 0.2) is 17.5 Å². The second-order valence-electron chi connectivity index (χ2n) is 6.76. The minimum atomic E-state index is -0.285. The van der Waals surface area contributed by atoms with Crippen LogP contribution in [0.4, 0.5) is 4.39 Å². The quantitative estimate of drug-likeness (QED) is 0.271. The molecule has 0 bridgehead atoms. The summed E-state index contributed by atoms with van der Waals surface area (Å²) in [6.45, 7) is 1.67. The molecule has 2 aromatic carbocycles. The Morgan fingerprint density at radius 2 is 1.77 bits per heavy atom. The van der Waals surface area contributed by atoms with Crippen LogP contribution in [0.3, 0.4) is 0 Å². The molecule has 3 aromatic rings. The lowest BCUT2D eigenvalue weighted by atomic mass is 10.1. The summed E-state index contributed by atoms with van der Waals surface area (Å²) in [5.74, 6) is 2.50.